The van der Waals surface area contributed by atoms with Crippen LogP contribution in [-0.4, -0.2) is 28.1 Å². The van der Waals surface area contributed by atoms with Crippen molar-refractivity contribution in [3.63, 3.8) is 0 Å². The van der Waals surface area contributed by atoms with E-state index in [0.717, 1.165) is 35.7 Å². The van der Waals surface area contributed by atoms with Gasteiger partial charge in [0.2, 0.25) is 5.91 Å². The Labute approximate surface area is 118 Å². The summed E-state index contributed by atoms with van der Waals surface area (Å²) in [4.78, 5) is 15.3. The molecule has 20 heavy (non-hydrogen) atoms. The van der Waals surface area contributed by atoms with Gasteiger partial charge in [-0.25, -0.2) is 0 Å². The van der Waals surface area contributed by atoms with E-state index < -0.39 is 0 Å². The molecule has 0 saturated heterocycles. The molecule has 4 heteroatoms. The molecule has 1 aromatic heterocycles. The Bertz CT molecular complexity index is 605. The highest BCUT2D eigenvalue weighted by atomic mass is 16.3. The minimum absolute atomic E-state index is 0.0360. The lowest BCUT2D eigenvalue weighted by Gasteiger charge is -2.26. The molecular weight excluding hydrogens is 252 g/mol. The Hall–Kier alpha value is -1.81. The SMILES string of the molecule is O=C(Cc1c[nH]c2ccccc12)NC1CCCC(O)C1. The van der Waals surface area contributed by atoms with Crippen molar-refractivity contribution in [2.75, 3.05) is 0 Å². The summed E-state index contributed by atoms with van der Waals surface area (Å²) in [6.07, 6.45) is 5.52. The number of H-pyrrole nitrogens is 1. The molecule has 3 rings (SSSR count). The molecule has 106 valence electrons. The van der Waals surface area contributed by atoms with Crippen LogP contribution in [0, 0.1) is 0 Å². The minimum atomic E-state index is -0.262. The molecule has 3 N–H and O–H groups in total. The Morgan fingerprint density at radius 1 is 1.35 bits per heavy atom. The number of hydrogen-bond donors (Lipinski definition) is 3. The first-order valence-electron chi connectivity index (χ1n) is 7.25. The van der Waals surface area contributed by atoms with Gasteiger partial charge in [-0.1, -0.05) is 18.2 Å². The van der Waals surface area contributed by atoms with Gasteiger partial charge in [0.05, 0.1) is 12.5 Å². The molecule has 2 aromatic rings. The third-order valence-electron chi connectivity index (χ3n) is 4.04. The molecular formula is C16H20N2O2. The summed E-state index contributed by atoms with van der Waals surface area (Å²) >= 11 is 0. The highest BCUT2D eigenvalue weighted by molar-refractivity contribution is 5.88. The fourth-order valence-electron chi connectivity index (χ4n) is 3.02. The van der Waals surface area contributed by atoms with E-state index in [2.05, 4.69) is 10.3 Å². The summed E-state index contributed by atoms with van der Waals surface area (Å²) in [6, 6.07) is 8.12. The van der Waals surface area contributed by atoms with Crippen LogP contribution in [0.5, 0.6) is 0 Å². The zero-order valence-corrected chi connectivity index (χ0v) is 11.4. The van der Waals surface area contributed by atoms with Crippen molar-refractivity contribution < 1.29 is 9.90 Å². The van der Waals surface area contributed by atoms with E-state index in [1.807, 2.05) is 30.5 Å². The van der Waals surface area contributed by atoms with Crippen molar-refractivity contribution in [2.24, 2.45) is 0 Å². The van der Waals surface area contributed by atoms with Gasteiger partial charge in [-0.2, -0.15) is 0 Å². The lowest BCUT2D eigenvalue weighted by atomic mass is 9.93. The predicted octanol–water partition coefficient (Wildman–Crippen LogP) is 2.13. The number of benzene rings is 1. The fraction of sp³-hybridized carbons (Fsp3) is 0.438. The number of aromatic amines is 1. The highest BCUT2D eigenvalue weighted by Gasteiger charge is 2.21. The monoisotopic (exact) mass is 272 g/mol. The van der Waals surface area contributed by atoms with Crippen molar-refractivity contribution in [3.05, 3.63) is 36.0 Å². The van der Waals surface area contributed by atoms with Gasteiger partial charge >= 0.3 is 0 Å². The Kier molecular flexibility index (Phi) is 3.74. The number of aliphatic hydroxyl groups is 1. The van der Waals surface area contributed by atoms with Crippen LogP contribution < -0.4 is 5.32 Å². The molecule has 1 fully saturated rings. The average molecular weight is 272 g/mol. The van der Waals surface area contributed by atoms with Crippen LogP contribution in [0.3, 0.4) is 0 Å². The summed E-state index contributed by atoms with van der Waals surface area (Å²) < 4.78 is 0. The van der Waals surface area contributed by atoms with Gasteiger partial charge in [0, 0.05) is 23.1 Å². The van der Waals surface area contributed by atoms with Crippen LogP contribution in [0.2, 0.25) is 0 Å². The third kappa shape index (κ3) is 2.85. The van der Waals surface area contributed by atoms with Gasteiger partial charge in [-0.05, 0) is 37.3 Å². The maximum Gasteiger partial charge on any atom is 0.224 e. The Balaban J connectivity index is 1.64. The first-order valence-corrected chi connectivity index (χ1v) is 7.25. The number of rotatable bonds is 3. The second kappa shape index (κ2) is 5.67. The lowest BCUT2D eigenvalue weighted by molar-refractivity contribution is -0.121. The van der Waals surface area contributed by atoms with Crippen LogP contribution in [0.25, 0.3) is 10.9 Å². The van der Waals surface area contributed by atoms with Crippen molar-refractivity contribution in [3.8, 4) is 0 Å². The van der Waals surface area contributed by atoms with Gasteiger partial charge in [-0.3, -0.25) is 4.79 Å². The van der Waals surface area contributed by atoms with Crippen LogP contribution in [0.4, 0.5) is 0 Å². The zero-order chi connectivity index (χ0) is 13.9. The standard InChI is InChI=1S/C16H20N2O2/c19-13-5-3-4-12(9-13)18-16(20)8-11-10-17-15-7-2-1-6-14(11)15/h1-2,6-7,10,12-13,17,19H,3-5,8-9H2,(H,18,20). The third-order valence-corrected chi connectivity index (χ3v) is 4.04. The highest BCUT2D eigenvalue weighted by Crippen LogP contribution is 2.20. The molecule has 1 aliphatic carbocycles. The average Bonchev–Trinajstić information content (AvgIpc) is 2.82. The fourth-order valence-corrected chi connectivity index (χ4v) is 3.02. The maximum atomic E-state index is 12.1. The number of nitrogens with one attached hydrogen (secondary N) is 2. The molecule has 0 radical (unpaired) electrons. The second-order valence-corrected chi connectivity index (χ2v) is 5.62. The zero-order valence-electron chi connectivity index (χ0n) is 11.4. The second-order valence-electron chi connectivity index (χ2n) is 5.62. The number of carbonyl (C=O) groups excluding carboxylic acids is 1. The summed E-state index contributed by atoms with van der Waals surface area (Å²) in [7, 11) is 0. The lowest BCUT2D eigenvalue weighted by Crippen LogP contribution is -2.40. The van der Waals surface area contributed by atoms with E-state index in [1.165, 1.54) is 0 Å². The van der Waals surface area contributed by atoms with Gasteiger partial charge in [0.15, 0.2) is 0 Å². The smallest absolute Gasteiger partial charge is 0.224 e. The van der Waals surface area contributed by atoms with E-state index in [4.69, 9.17) is 0 Å². The largest absolute Gasteiger partial charge is 0.393 e. The van der Waals surface area contributed by atoms with Crippen molar-refractivity contribution in [2.45, 2.75) is 44.2 Å². The first kappa shape index (κ1) is 13.2. The Morgan fingerprint density at radius 2 is 2.20 bits per heavy atom. The van der Waals surface area contributed by atoms with E-state index in [9.17, 15) is 9.90 Å². The molecule has 1 heterocycles. The van der Waals surface area contributed by atoms with E-state index in [0.29, 0.717) is 12.8 Å². The topological polar surface area (TPSA) is 65.1 Å². The van der Waals surface area contributed by atoms with Crippen molar-refractivity contribution >= 4 is 16.8 Å². The van der Waals surface area contributed by atoms with Gasteiger partial charge in [-0.15, -0.1) is 0 Å². The summed E-state index contributed by atoms with van der Waals surface area (Å²) in [5.41, 5.74) is 2.08. The molecule has 0 spiro atoms. The van der Waals surface area contributed by atoms with Crippen LogP contribution >= 0.6 is 0 Å². The van der Waals surface area contributed by atoms with Crippen LogP contribution in [-0.2, 0) is 11.2 Å². The number of para-hydroxylation sites is 1. The maximum absolute atomic E-state index is 12.1. The molecule has 1 aliphatic rings. The van der Waals surface area contributed by atoms with E-state index >= 15 is 0 Å². The summed E-state index contributed by atoms with van der Waals surface area (Å²) in [5.74, 6) is 0.0360. The Morgan fingerprint density at radius 3 is 3.05 bits per heavy atom. The van der Waals surface area contributed by atoms with Gasteiger partial charge in [0.1, 0.15) is 0 Å². The minimum Gasteiger partial charge on any atom is -0.393 e. The predicted molar refractivity (Wildman–Crippen MR) is 78.4 cm³/mol. The van der Waals surface area contributed by atoms with E-state index in [-0.39, 0.29) is 18.1 Å². The molecule has 1 aromatic carbocycles. The van der Waals surface area contributed by atoms with Crippen LogP contribution in [0.1, 0.15) is 31.2 Å². The summed E-state index contributed by atoms with van der Waals surface area (Å²) in [6.45, 7) is 0. The van der Waals surface area contributed by atoms with Gasteiger partial charge in [0.25, 0.3) is 0 Å². The molecule has 1 amide bonds. The van der Waals surface area contributed by atoms with Crippen molar-refractivity contribution in [1.29, 1.82) is 0 Å². The van der Waals surface area contributed by atoms with E-state index in [1.54, 1.807) is 0 Å². The number of fused-ring (bicyclic) bond motifs is 1. The molecule has 0 bridgehead atoms. The first-order chi connectivity index (χ1) is 9.72. The molecule has 4 nitrogen and oxygen atoms in total. The molecule has 0 aliphatic heterocycles. The normalized spacial score (nSPS) is 22.9. The molecule has 2 atom stereocenters. The molecule has 2 unspecified atom stereocenters. The summed E-state index contributed by atoms with van der Waals surface area (Å²) in [5, 5.41) is 13.8. The van der Waals surface area contributed by atoms with Gasteiger partial charge < -0.3 is 15.4 Å². The number of hydrogen-bond acceptors (Lipinski definition) is 2. The number of carbonyl (C=O) groups is 1. The number of amides is 1. The quantitative estimate of drug-likeness (QED) is 0.801. The number of aliphatic hydroxyl groups excluding tert-OH is 1. The van der Waals surface area contributed by atoms with Crippen molar-refractivity contribution in [1.82, 2.24) is 10.3 Å². The number of aromatic nitrogens is 1. The molecule has 1 saturated carbocycles. The van der Waals surface area contributed by atoms with Crippen LogP contribution in [0.15, 0.2) is 30.5 Å².